The number of sulfonamides is 1. The molecule has 4 rings (SSSR count). The Morgan fingerprint density at radius 1 is 0.656 bits per heavy atom. The number of benzene rings is 4. The van der Waals surface area contributed by atoms with Crippen molar-refractivity contribution in [2.24, 2.45) is 0 Å². The first kappa shape index (κ1) is 22.5. The maximum absolute atomic E-state index is 15.0. The second kappa shape index (κ2) is 9.43. The summed E-state index contributed by atoms with van der Waals surface area (Å²) in [4.78, 5) is 0.103. The average molecular weight is 482 g/mol. The second-order valence-corrected chi connectivity index (χ2v) is 12.2. The minimum atomic E-state index is -3.97. The molecule has 0 aromatic heterocycles. The Morgan fingerprint density at radius 2 is 1.09 bits per heavy atom. The van der Waals surface area contributed by atoms with Crippen molar-refractivity contribution in [2.45, 2.75) is 10.7 Å². The third-order valence-corrected chi connectivity index (χ3v) is 10.3. The summed E-state index contributed by atoms with van der Waals surface area (Å²) in [5, 5.41) is 1.62. The third-order valence-electron chi connectivity index (χ3n) is 5.15. The normalized spacial score (nSPS) is 12.9. The van der Waals surface area contributed by atoms with E-state index in [0.717, 1.165) is 0 Å². The molecule has 0 amide bonds. The van der Waals surface area contributed by atoms with E-state index in [1.54, 1.807) is 91.0 Å². The van der Waals surface area contributed by atoms with Gasteiger partial charge in [-0.3, -0.25) is 0 Å². The standard InChI is InChI=1S/C25H21ClNO3PS/c26-21-18-16-20(17-19-21)25(27-32(29,30)24-14-8-3-9-15-24)31(28,22-10-4-1-5-11-22)23-12-6-2-7-13-23/h1-19,25,27H/t25-/m0/s1. The lowest BCUT2D eigenvalue weighted by Crippen LogP contribution is -2.34. The van der Waals surface area contributed by atoms with Gasteiger partial charge in [0.25, 0.3) is 0 Å². The van der Waals surface area contributed by atoms with Crippen LogP contribution in [0.2, 0.25) is 5.02 Å². The van der Waals surface area contributed by atoms with Crippen LogP contribution in [0.4, 0.5) is 0 Å². The van der Waals surface area contributed by atoms with Crippen LogP contribution in [0.15, 0.2) is 120 Å². The van der Waals surface area contributed by atoms with Crippen molar-refractivity contribution < 1.29 is 13.0 Å². The summed E-state index contributed by atoms with van der Waals surface area (Å²) < 4.78 is 44.4. The smallest absolute Gasteiger partial charge is 0.241 e. The van der Waals surface area contributed by atoms with Gasteiger partial charge in [-0.1, -0.05) is 103 Å². The molecule has 0 aliphatic heterocycles. The molecule has 0 unspecified atom stereocenters. The Balaban J connectivity index is 1.94. The monoisotopic (exact) mass is 481 g/mol. The molecule has 0 fully saturated rings. The SMILES string of the molecule is O=P(c1ccccc1)(c1ccccc1)[C@H](NS(=O)(=O)c1ccccc1)c1ccc(Cl)cc1. The summed E-state index contributed by atoms with van der Waals surface area (Å²) in [5.41, 5.74) is 0.560. The maximum Gasteiger partial charge on any atom is 0.241 e. The van der Waals surface area contributed by atoms with Gasteiger partial charge in [-0.05, 0) is 29.8 Å². The molecule has 1 atom stereocenters. The molecule has 0 saturated heterocycles. The first-order valence-corrected chi connectivity index (χ1v) is 13.6. The molecule has 0 aliphatic carbocycles. The molecular formula is C25H21ClNO3PS. The Labute approximate surface area is 193 Å². The van der Waals surface area contributed by atoms with Crippen LogP contribution < -0.4 is 15.3 Å². The van der Waals surface area contributed by atoms with Gasteiger partial charge in [0.15, 0.2) is 7.14 Å². The van der Waals surface area contributed by atoms with E-state index < -0.39 is 22.9 Å². The Bertz CT molecular complexity index is 1290. The van der Waals surface area contributed by atoms with E-state index >= 15 is 0 Å². The minimum absolute atomic E-state index is 0.103. The second-order valence-electron chi connectivity index (χ2n) is 7.22. The molecule has 4 aromatic carbocycles. The van der Waals surface area contributed by atoms with Crippen LogP contribution in [0.25, 0.3) is 0 Å². The van der Waals surface area contributed by atoms with E-state index in [2.05, 4.69) is 4.72 Å². The number of hydrogen-bond donors (Lipinski definition) is 1. The van der Waals surface area contributed by atoms with Gasteiger partial charge in [0.1, 0.15) is 5.78 Å². The number of rotatable bonds is 7. The molecule has 4 aromatic rings. The summed E-state index contributed by atoms with van der Waals surface area (Å²) in [6.45, 7) is 0. The summed E-state index contributed by atoms with van der Waals surface area (Å²) in [5.74, 6) is -1.03. The van der Waals surface area contributed by atoms with Gasteiger partial charge in [0.2, 0.25) is 10.0 Å². The minimum Gasteiger partial charge on any atom is -0.312 e. The summed E-state index contributed by atoms with van der Waals surface area (Å²) >= 11 is 6.09. The Hall–Kier alpha value is -2.69. The summed E-state index contributed by atoms with van der Waals surface area (Å²) in [6, 6.07) is 32.8. The quantitative estimate of drug-likeness (QED) is 0.363. The molecule has 7 heteroatoms. The van der Waals surface area contributed by atoms with Crippen LogP contribution in [0.3, 0.4) is 0 Å². The first-order chi connectivity index (χ1) is 15.4. The van der Waals surface area contributed by atoms with Crippen molar-refractivity contribution in [3.05, 3.63) is 126 Å². The van der Waals surface area contributed by atoms with Crippen LogP contribution in [0, 0.1) is 0 Å². The van der Waals surface area contributed by atoms with Crippen molar-refractivity contribution in [1.82, 2.24) is 4.72 Å². The molecule has 4 nitrogen and oxygen atoms in total. The Kier molecular flexibility index (Phi) is 6.63. The largest absolute Gasteiger partial charge is 0.312 e. The zero-order chi connectivity index (χ0) is 22.6. The summed E-state index contributed by atoms with van der Waals surface area (Å²) in [6.07, 6.45) is 0. The van der Waals surface area contributed by atoms with Crippen LogP contribution in [0.5, 0.6) is 0 Å². The van der Waals surface area contributed by atoms with E-state index in [1.165, 1.54) is 12.1 Å². The lowest BCUT2D eigenvalue weighted by molar-refractivity contribution is 0.560. The van der Waals surface area contributed by atoms with Gasteiger partial charge in [-0.25, -0.2) is 8.42 Å². The van der Waals surface area contributed by atoms with Crippen molar-refractivity contribution >= 4 is 39.4 Å². The van der Waals surface area contributed by atoms with E-state index in [-0.39, 0.29) is 4.90 Å². The fraction of sp³-hybridized carbons (Fsp3) is 0.0400. The highest BCUT2D eigenvalue weighted by molar-refractivity contribution is 7.90. The van der Waals surface area contributed by atoms with E-state index in [4.69, 9.17) is 11.6 Å². The molecular weight excluding hydrogens is 461 g/mol. The molecule has 0 aliphatic rings. The fourth-order valence-corrected chi connectivity index (χ4v) is 8.49. The fourth-order valence-electron chi connectivity index (χ4n) is 3.56. The first-order valence-electron chi connectivity index (χ1n) is 9.95. The van der Waals surface area contributed by atoms with Crippen molar-refractivity contribution in [2.75, 3.05) is 0 Å². The molecule has 162 valence electrons. The highest BCUT2D eigenvalue weighted by atomic mass is 35.5. The lowest BCUT2D eigenvalue weighted by atomic mass is 10.2. The number of hydrogen-bond acceptors (Lipinski definition) is 3. The van der Waals surface area contributed by atoms with Gasteiger partial charge in [-0.2, -0.15) is 4.72 Å². The average Bonchev–Trinajstić information content (AvgIpc) is 2.84. The maximum atomic E-state index is 15.0. The van der Waals surface area contributed by atoms with Crippen LogP contribution in [-0.4, -0.2) is 8.42 Å². The molecule has 0 spiro atoms. The molecule has 0 saturated carbocycles. The van der Waals surface area contributed by atoms with E-state index in [9.17, 15) is 13.0 Å². The van der Waals surface area contributed by atoms with Crippen molar-refractivity contribution in [1.29, 1.82) is 0 Å². The molecule has 0 radical (unpaired) electrons. The van der Waals surface area contributed by atoms with Gasteiger partial charge in [0, 0.05) is 15.6 Å². The van der Waals surface area contributed by atoms with Gasteiger partial charge < -0.3 is 4.57 Å². The topological polar surface area (TPSA) is 63.2 Å². The van der Waals surface area contributed by atoms with Crippen molar-refractivity contribution in [3.63, 3.8) is 0 Å². The van der Waals surface area contributed by atoms with Gasteiger partial charge in [-0.15, -0.1) is 0 Å². The summed E-state index contributed by atoms with van der Waals surface area (Å²) in [7, 11) is -7.49. The molecule has 0 bridgehead atoms. The third kappa shape index (κ3) is 4.57. The van der Waals surface area contributed by atoms with Crippen LogP contribution in [-0.2, 0) is 14.6 Å². The number of nitrogens with one attached hydrogen (secondary N) is 1. The highest BCUT2D eigenvalue weighted by Crippen LogP contribution is 2.56. The number of halogens is 1. The van der Waals surface area contributed by atoms with E-state index in [0.29, 0.717) is 21.2 Å². The Morgan fingerprint density at radius 3 is 1.56 bits per heavy atom. The molecule has 32 heavy (non-hydrogen) atoms. The van der Waals surface area contributed by atoms with Gasteiger partial charge in [0.05, 0.1) is 4.90 Å². The predicted octanol–water partition coefficient (Wildman–Crippen LogP) is 5.33. The predicted molar refractivity (Wildman–Crippen MR) is 131 cm³/mol. The van der Waals surface area contributed by atoms with Crippen LogP contribution >= 0.6 is 18.7 Å². The highest BCUT2D eigenvalue weighted by Gasteiger charge is 2.40. The molecule has 0 heterocycles. The lowest BCUT2D eigenvalue weighted by Gasteiger charge is -2.30. The van der Waals surface area contributed by atoms with E-state index in [1.807, 2.05) is 12.1 Å². The van der Waals surface area contributed by atoms with Crippen molar-refractivity contribution in [3.8, 4) is 0 Å². The zero-order valence-electron chi connectivity index (χ0n) is 17.0. The van der Waals surface area contributed by atoms with Crippen LogP contribution in [0.1, 0.15) is 11.3 Å². The van der Waals surface area contributed by atoms with Gasteiger partial charge >= 0.3 is 0 Å². The molecule has 1 N–H and O–H groups in total. The zero-order valence-corrected chi connectivity index (χ0v) is 19.5.